The van der Waals surface area contributed by atoms with Crippen LogP contribution in [0.15, 0.2) is 36.4 Å². The number of benzene rings is 1. The van der Waals surface area contributed by atoms with Crippen molar-refractivity contribution in [1.29, 1.82) is 0 Å². The Morgan fingerprint density at radius 3 is 2.22 bits per heavy atom. The number of aldehydes is 1. The second kappa shape index (κ2) is 9.14. The summed E-state index contributed by atoms with van der Waals surface area (Å²) in [4.78, 5) is 44.9. The fourth-order valence-electron chi connectivity index (χ4n) is 1.48. The van der Waals surface area contributed by atoms with Crippen LogP contribution >= 0.6 is 0 Å². The van der Waals surface area contributed by atoms with Crippen molar-refractivity contribution in [3.63, 3.8) is 0 Å². The SMILES string of the molecule is CCC(OC(=O)C=CC(=O)OC)C(=O)Oc1ccc(C=O)cc1. The van der Waals surface area contributed by atoms with Crippen LogP contribution in [0.2, 0.25) is 0 Å². The summed E-state index contributed by atoms with van der Waals surface area (Å²) in [6.45, 7) is 1.64. The van der Waals surface area contributed by atoms with Gasteiger partial charge in [0.15, 0.2) is 6.10 Å². The number of hydrogen-bond donors (Lipinski definition) is 0. The van der Waals surface area contributed by atoms with E-state index in [9.17, 15) is 19.2 Å². The van der Waals surface area contributed by atoms with Crippen molar-refractivity contribution in [2.75, 3.05) is 7.11 Å². The lowest BCUT2D eigenvalue weighted by Gasteiger charge is -2.14. The molecule has 0 saturated carbocycles. The van der Waals surface area contributed by atoms with Crippen LogP contribution in [0.1, 0.15) is 23.7 Å². The number of carbonyl (C=O) groups is 4. The van der Waals surface area contributed by atoms with Crippen molar-refractivity contribution in [2.24, 2.45) is 0 Å². The molecule has 0 amide bonds. The minimum absolute atomic E-state index is 0.197. The van der Waals surface area contributed by atoms with Gasteiger partial charge in [0.1, 0.15) is 12.0 Å². The molecule has 0 bridgehead atoms. The van der Waals surface area contributed by atoms with Gasteiger partial charge in [0.05, 0.1) is 7.11 Å². The van der Waals surface area contributed by atoms with Crippen LogP contribution in [-0.2, 0) is 23.9 Å². The number of carbonyl (C=O) groups excluding carboxylic acids is 4. The molecule has 23 heavy (non-hydrogen) atoms. The van der Waals surface area contributed by atoms with E-state index in [2.05, 4.69) is 4.74 Å². The number of ether oxygens (including phenoxy) is 3. The molecule has 7 heteroatoms. The molecule has 0 radical (unpaired) electrons. The van der Waals surface area contributed by atoms with Gasteiger partial charge in [-0.15, -0.1) is 0 Å². The molecular formula is C16H16O7. The highest BCUT2D eigenvalue weighted by molar-refractivity contribution is 5.92. The monoisotopic (exact) mass is 320 g/mol. The van der Waals surface area contributed by atoms with E-state index in [1.54, 1.807) is 6.92 Å². The van der Waals surface area contributed by atoms with Crippen molar-refractivity contribution in [3.05, 3.63) is 42.0 Å². The number of methoxy groups -OCH3 is 1. The van der Waals surface area contributed by atoms with Gasteiger partial charge in [-0.05, 0) is 30.7 Å². The Balaban J connectivity index is 2.63. The van der Waals surface area contributed by atoms with E-state index in [1.807, 2.05) is 0 Å². The summed E-state index contributed by atoms with van der Waals surface area (Å²) in [5, 5.41) is 0. The lowest BCUT2D eigenvalue weighted by Crippen LogP contribution is -2.30. The van der Waals surface area contributed by atoms with Crippen LogP contribution in [0.5, 0.6) is 5.75 Å². The number of esters is 3. The molecular weight excluding hydrogens is 304 g/mol. The van der Waals surface area contributed by atoms with Crippen LogP contribution in [0, 0.1) is 0 Å². The molecule has 0 aliphatic heterocycles. The lowest BCUT2D eigenvalue weighted by atomic mass is 10.2. The van der Waals surface area contributed by atoms with Gasteiger partial charge >= 0.3 is 17.9 Å². The summed E-state index contributed by atoms with van der Waals surface area (Å²) in [6, 6.07) is 5.88. The van der Waals surface area contributed by atoms with Crippen molar-refractivity contribution < 1.29 is 33.4 Å². The molecule has 1 atom stereocenters. The fourth-order valence-corrected chi connectivity index (χ4v) is 1.48. The van der Waals surface area contributed by atoms with E-state index < -0.39 is 24.0 Å². The average Bonchev–Trinajstić information content (AvgIpc) is 2.57. The van der Waals surface area contributed by atoms with Gasteiger partial charge in [-0.2, -0.15) is 0 Å². The lowest BCUT2D eigenvalue weighted by molar-refractivity contribution is -0.159. The van der Waals surface area contributed by atoms with E-state index in [4.69, 9.17) is 9.47 Å². The van der Waals surface area contributed by atoms with Crippen LogP contribution in [0.4, 0.5) is 0 Å². The van der Waals surface area contributed by atoms with Crippen molar-refractivity contribution >= 4 is 24.2 Å². The molecule has 7 nitrogen and oxygen atoms in total. The third-order valence-electron chi connectivity index (χ3n) is 2.68. The second-order valence-corrected chi connectivity index (χ2v) is 4.30. The maximum absolute atomic E-state index is 11.9. The van der Waals surface area contributed by atoms with Gasteiger partial charge in [-0.25, -0.2) is 14.4 Å². The molecule has 0 aliphatic rings. The Morgan fingerprint density at radius 1 is 1.09 bits per heavy atom. The first-order chi connectivity index (χ1) is 11.0. The van der Waals surface area contributed by atoms with Crippen LogP contribution in [0.25, 0.3) is 0 Å². The Kier molecular flexibility index (Phi) is 7.19. The van der Waals surface area contributed by atoms with Crippen LogP contribution in [-0.4, -0.2) is 37.4 Å². The molecule has 1 unspecified atom stereocenters. The molecule has 0 fully saturated rings. The third kappa shape index (κ3) is 6.13. The second-order valence-electron chi connectivity index (χ2n) is 4.30. The van der Waals surface area contributed by atoms with E-state index in [0.717, 1.165) is 12.2 Å². The van der Waals surface area contributed by atoms with E-state index >= 15 is 0 Å². The average molecular weight is 320 g/mol. The van der Waals surface area contributed by atoms with Gasteiger partial charge in [0, 0.05) is 17.7 Å². The highest BCUT2D eigenvalue weighted by atomic mass is 16.6. The summed E-state index contributed by atoms with van der Waals surface area (Å²) in [5.41, 5.74) is 0.441. The molecule has 0 spiro atoms. The van der Waals surface area contributed by atoms with Gasteiger partial charge in [0.25, 0.3) is 0 Å². The predicted octanol–water partition coefficient (Wildman–Crippen LogP) is 1.46. The normalized spacial score (nSPS) is 11.6. The Bertz CT molecular complexity index is 601. The van der Waals surface area contributed by atoms with E-state index in [0.29, 0.717) is 11.8 Å². The maximum atomic E-state index is 11.9. The molecule has 0 aromatic heterocycles. The molecule has 0 aliphatic carbocycles. The molecule has 1 aromatic carbocycles. The largest absolute Gasteiger partial charge is 0.466 e. The fraction of sp³-hybridized carbons (Fsp3) is 0.250. The standard InChI is InChI=1S/C16H16O7/c1-3-13(23-15(19)9-8-14(18)21-2)16(20)22-12-6-4-11(10-17)5-7-12/h4-10,13H,3H2,1-2H3. The number of hydrogen-bond acceptors (Lipinski definition) is 7. The first kappa shape index (κ1) is 18.1. The molecule has 122 valence electrons. The highest BCUT2D eigenvalue weighted by Crippen LogP contribution is 2.13. The molecule has 1 rings (SSSR count). The van der Waals surface area contributed by atoms with Crippen molar-refractivity contribution in [1.82, 2.24) is 0 Å². The summed E-state index contributed by atoms with van der Waals surface area (Å²) < 4.78 is 14.3. The smallest absolute Gasteiger partial charge is 0.352 e. The zero-order chi connectivity index (χ0) is 17.2. The summed E-state index contributed by atoms with van der Waals surface area (Å²) in [7, 11) is 1.17. The quantitative estimate of drug-likeness (QED) is 0.325. The molecule has 0 heterocycles. The van der Waals surface area contributed by atoms with Crippen LogP contribution in [0.3, 0.4) is 0 Å². The van der Waals surface area contributed by atoms with Gasteiger partial charge in [0.2, 0.25) is 0 Å². The molecule has 0 saturated heterocycles. The van der Waals surface area contributed by atoms with Crippen molar-refractivity contribution in [2.45, 2.75) is 19.4 Å². The topological polar surface area (TPSA) is 96.0 Å². The summed E-state index contributed by atoms with van der Waals surface area (Å²) in [5.74, 6) is -2.12. The summed E-state index contributed by atoms with van der Waals surface area (Å²) >= 11 is 0. The number of rotatable bonds is 7. The third-order valence-corrected chi connectivity index (χ3v) is 2.68. The zero-order valence-electron chi connectivity index (χ0n) is 12.7. The highest BCUT2D eigenvalue weighted by Gasteiger charge is 2.22. The summed E-state index contributed by atoms with van der Waals surface area (Å²) in [6.07, 6.45) is 1.49. The first-order valence-corrected chi connectivity index (χ1v) is 6.73. The van der Waals surface area contributed by atoms with Crippen LogP contribution < -0.4 is 4.74 Å². The molecule has 1 aromatic rings. The minimum atomic E-state index is -1.12. The van der Waals surface area contributed by atoms with Gasteiger partial charge in [-0.3, -0.25) is 4.79 Å². The zero-order valence-corrected chi connectivity index (χ0v) is 12.7. The predicted molar refractivity (Wildman–Crippen MR) is 78.8 cm³/mol. The van der Waals surface area contributed by atoms with E-state index in [-0.39, 0.29) is 12.2 Å². The minimum Gasteiger partial charge on any atom is -0.466 e. The van der Waals surface area contributed by atoms with Gasteiger partial charge in [-0.1, -0.05) is 6.92 Å². The first-order valence-electron chi connectivity index (χ1n) is 6.73. The van der Waals surface area contributed by atoms with Gasteiger partial charge < -0.3 is 14.2 Å². The maximum Gasteiger partial charge on any atom is 0.352 e. The Morgan fingerprint density at radius 2 is 1.70 bits per heavy atom. The van der Waals surface area contributed by atoms with Crippen molar-refractivity contribution in [3.8, 4) is 5.75 Å². The van der Waals surface area contributed by atoms with E-state index in [1.165, 1.54) is 31.4 Å². The molecule has 0 N–H and O–H groups in total. The Hall–Kier alpha value is -2.96. The Labute approximate surface area is 132 Å².